The van der Waals surface area contributed by atoms with Crippen molar-refractivity contribution in [2.45, 2.75) is 19.3 Å². The normalized spacial score (nSPS) is 38.8. The minimum absolute atomic E-state index is 0.147. The highest BCUT2D eigenvalue weighted by molar-refractivity contribution is 6.07. The molecule has 2 aliphatic carbocycles. The molecule has 0 spiro atoms. The van der Waals surface area contributed by atoms with Crippen LogP contribution in [0.5, 0.6) is 0 Å². The summed E-state index contributed by atoms with van der Waals surface area (Å²) in [5.74, 6) is -0.403. The van der Waals surface area contributed by atoms with E-state index in [1.165, 1.54) is 7.11 Å². The van der Waals surface area contributed by atoms with Crippen LogP contribution in [0.3, 0.4) is 0 Å². The van der Waals surface area contributed by atoms with Gasteiger partial charge in [-0.25, -0.2) is 0 Å². The van der Waals surface area contributed by atoms with E-state index in [4.69, 9.17) is 0 Å². The molecule has 1 aliphatic heterocycles. The summed E-state index contributed by atoms with van der Waals surface area (Å²) in [4.78, 5) is 36.6. The highest BCUT2D eigenvalue weighted by Crippen LogP contribution is 2.55. The molecule has 0 aromatic carbocycles. The van der Waals surface area contributed by atoms with E-state index in [0.717, 1.165) is 24.2 Å². The number of carbonyl (C=O) groups is 3. The van der Waals surface area contributed by atoms with Gasteiger partial charge in [0.05, 0.1) is 18.9 Å². The average Bonchev–Trinajstić information content (AvgIpc) is 2.98. The topological polar surface area (TPSA) is 63.7 Å². The Labute approximate surface area is 99.1 Å². The van der Waals surface area contributed by atoms with Gasteiger partial charge in [0.15, 0.2) is 0 Å². The molecule has 1 saturated heterocycles. The van der Waals surface area contributed by atoms with Crippen molar-refractivity contribution in [2.24, 2.45) is 23.7 Å². The zero-order valence-electron chi connectivity index (χ0n) is 9.72. The van der Waals surface area contributed by atoms with Gasteiger partial charge in [-0.2, -0.15) is 0 Å². The van der Waals surface area contributed by atoms with Crippen molar-refractivity contribution in [2.75, 3.05) is 13.7 Å². The van der Waals surface area contributed by atoms with Crippen LogP contribution in [-0.4, -0.2) is 36.3 Å². The molecule has 0 aromatic heterocycles. The van der Waals surface area contributed by atoms with Gasteiger partial charge in [0.1, 0.15) is 6.54 Å². The van der Waals surface area contributed by atoms with Gasteiger partial charge in [0.25, 0.3) is 0 Å². The quantitative estimate of drug-likeness (QED) is 0.508. The first-order chi connectivity index (χ1) is 8.13. The molecule has 5 nitrogen and oxygen atoms in total. The van der Waals surface area contributed by atoms with Gasteiger partial charge in [0, 0.05) is 0 Å². The fourth-order valence-electron chi connectivity index (χ4n) is 3.82. The van der Waals surface area contributed by atoms with Crippen LogP contribution >= 0.6 is 0 Å². The summed E-state index contributed by atoms with van der Waals surface area (Å²) >= 11 is 0. The standard InChI is InChI=1S/C12H15NO4/c1-17-8(14)5-13-11(15)9-6-2-3-7(4-6)10(9)12(13)16/h6-7,9-10H,2-5H2,1H3. The number of likely N-dealkylation sites (tertiary alicyclic amines) is 1. The van der Waals surface area contributed by atoms with Crippen LogP contribution < -0.4 is 0 Å². The fraction of sp³-hybridized carbons (Fsp3) is 0.750. The van der Waals surface area contributed by atoms with Crippen LogP contribution in [-0.2, 0) is 19.1 Å². The Morgan fingerprint density at radius 1 is 1.24 bits per heavy atom. The monoisotopic (exact) mass is 237 g/mol. The number of methoxy groups -OCH3 is 1. The molecule has 0 aromatic rings. The first-order valence-corrected chi connectivity index (χ1v) is 6.05. The summed E-state index contributed by atoms with van der Waals surface area (Å²) in [6, 6.07) is 0. The zero-order valence-corrected chi connectivity index (χ0v) is 9.72. The third-order valence-corrected chi connectivity index (χ3v) is 4.53. The van der Waals surface area contributed by atoms with Crippen LogP contribution in [0.15, 0.2) is 0 Å². The maximum atomic E-state index is 12.1. The predicted octanol–water partition coefficient (Wildman–Crippen LogP) is 0.190. The number of nitrogens with zero attached hydrogens (tertiary/aromatic N) is 1. The number of amides is 2. The summed E-state index contributed by atoms with van der Waals surface area (Å²) in [5.41, 5.74) is 0. The number of rotatable bonds is 2. The second-order valence-electron chi connectivity index (χ2n) is 5.22. The maximum Gasteiger partial charge on any atom is 0.325 e. The SMILES string of the molecule is COC(=O)CN1C(=O)C2C3CCC(C3)C2C1=O. The van der Waals surface area contributed by atoms with E-state index in [0.29, 0.717) is 11.8 Å². The lowest BCUT2D eigenvalue weighted by Crippen LogP contribution is -2.37. The zero-order chi connectivity index (χ0) is 12.2. The maximum absolute atomic E-state index is 12.1. The third kappa shape index (κ3) is 1.34. The molecule has 92 valence electrons. The minimum Gasteiger partial charge on any atom is -0.468 e. The van der Waals surface area contributed by atoms with Gasteiger partial charge >= 0.3 is 5.97 Å². The van der Waals surface area contributed by atoms with Crippen molar-refractivity contribution in [3.8, 4) is 0 Å². The van der Waals surface area contributed by atoms with Gasteiger partial charge in [0.2, 0.25) is 11.8 Å². The number of imide groups is 1. The molecule has 3 fully saturated rings. The third-order valence-electron chi connectivity index (χ3n) is 4.53. The highest BCUT2D eigenvalue weighted by atomic mass is 16.5. The molecule has 0 radical (unpaired) electrons. The fourth-order valence-corrected chi connectivity index (χ4v) is 3.82. The van der Waals surface area contributed by atoms with Crippen molar-refractivity contribution in [1.29, 1.82) is 0 Å². The van der Waals surface area contributed by atoms with Crippen molar-refractivity contribution < 1.29 is 19.1 Å². The summed E-state index contributed by atoms with van der Waals surface area (Å²) in [5, 5.41) is 0. The summed E-state index contributed by atoms with van der Waals surface area (Å²) in [6.07, 6.45) is 3.12. The molecule has 2 amide bonds. The molecule has 3 aliphatic rings. The lowest BCUT2D eigenvalue weighted by Gasteiger charge is -2.19. The molecule has 5 heteroatoms. The van der Waals surface area contributed by atoms with Crippen molar-refractivity contribution in [1.82, 2.24) is 4.90 Å². The molecule has 17 heavy (non-hydrogen) atoms. The molecular weight excluding hydrogens is 222 g/mol. The average molecular weight is 237 g/mol. The number of carbonyl (C=O) groups excluding carboxylic acids is 3. The van der Waals surface area contributed by atoms with E-state index in [9.17, 15) is 14.4 Å². The smallest absolute Gasteiger partial charge is 0.325 e. The van der Waals surface area contributed by atoms with E-state index in [2.05, 4.69) is 4.74 Å². The van der Waals surface area contributed by atoms with Crippen LogP contribution in [0.25, 0.3) is 0 Å². The minimum atomic E-state index is -0.529. The molecule has 0 N–H and O–H groups in total. The van der Waals surface area contributed by atoms with Gasteiger partial charge in [-0.05, 0) is 31.1 Å². The van der Waals surface area contributed by atoms with Gasteiger partial charge in [-0.3, -0.25) is 19.3 Å². The Balaban J connectivity index is 1.83. The van der Waals surface area contributed by atoms with Crippen molar-refractivity contribution >= 4 is 17.8 Å². The molecule has 2 bridgehead atoms. The summed E-state index contributed by atoms with van der Waals surface area (Å²) < 4.78 is 4.52. The number of esters is 1. The van der Waals surface area contributed by atoms with E-state index in [1.54, 1.807) is 0 Å². The van der Waals surface area contributed by atoms with E-state index >= 15 is 0 Å². The van der Waals surface area contributed by atoms with Gasteiger partial charge in [-0.15, -0.1) is 0 Å². The largest absolute Gasteiger partial charge is 0.468 e. The summed E-state index contributed by atoms with van der Waals surface area (Å²) in [7, 11) is 1.26. The highest BCUT2D eigenvalue weighted by Gasteiger charge is 2.60. The summed E-state index contributed by atoms with van der Waals surface area (Å²) in [6.45, 7) is -0.222. The van der Waals surface area contributed by atoms with E-state index in [1.807, 2.05) is 0 Å². The van der Waals surface area contributed by atoms with Crippen LogP contribution in [0.1, 0.15) is 19.3 Å². The Morgan fingerprint density at radius 3 is 2.24 bits per heavy atom. The number of hydrogen-bond acceptors (Lipinski definition) is 4. The second kappa shape index (κ2) is 3.55. The Kier molecular flexibility index (Phi) is 2.24. The van der Waals surface area contributed by atoms with Crippen LogP contribution in [0.2, 0.25) is 0 Å². The van der Waals surface area contributed by atoms with Crippen LogP contribution in [0, 0.1) is 23.7 Å². The molecule has 3 rings (SSSR count). The van der Waals surface area contributed by atoms with Crippen molar-refractivity contribution in [3.63, 3.8) is 0 Å². The van der Waals surface area contributed by atoms with Gasteiger partial charge < -0.3 is 4.74 Å². The number of hydrogen-bond donors (Lipinski definition) is 0. The Bertz CT molecular complexity index is 377. The number of fused-ring (bicyclic) bond motifs is 5. The molecule has 2 saturated carbocycles. The second-order valence-corrected chi connectivity index (χ2v) is 5.22. The molecule has 4 unspecified atom stereocenters. The Hall–Kier alpha value is -1.39. The van der Waals surface area contributed by atoms with E-state index < -0.39 is 5.97 Å². The van der Waals surface area contributed by atoms with Gasteiger partial charge in [-0.1, -0.05) is 0 Å². The first kappa shape index (κ1) is 10.7. The lowest BCUT2D eigenvalue weighted by atomic mass is 9.81. The predicted molar refractivity (Wildman–Crippen MR) is 56.5 cm³/mol. The Morgan fingerprint density at radius 2 is 1.76 bits per heavy atom. The molecule has 1 heterocycles. The van der Waals surface area contributed by atoms with Crippen LogP contribution in [0.4, 0.5) is 0 Å². The van der Waals surface area contributed by atoms with E-state index in [-0.39, 0.29) is 30.2 Å². The number of ether oxygens (including phenoxy) is 1. The molecular formula is C12H15NO4. The lowest BCUT2D eigenvalue weighted by molar-refractivity contribution is -0.151. The van der Waals surface area contributed by atoms with Crippen molar-refractivity contribution in [3.05, 3.63) is 0 Å². The molecule has 4 atom stereocenters. The first-order valence-electron chi connectivity index (χ1n) is 6.05.